The SMILES string of the molecule is C[N+]1=C/C(=C(/F)[n+]2ccccc2)C=C[CH-]1. The monoisotopic (exact) mass is 203 g/mol. The number of nitrogens with zero attached hydrogens (tertiary/aromatic N) is 2. The minimum atomic E-state index is -0.271. The highest BCUT2D eigenvalue weighted by molar-refractivity contribution is 5.84. The molecule has 0 amide bonds. The quantitative estimate of drug-likeness (QED) is 0.483. The summed E-state index contributed by atoms with van der Waals surface area (Å²) in [6.45, 7) is 1.87. The maximum atomic E-state index is 13.9. The topological polar surface area (TPSA) is 6.89 Å². The van der Waals surface area contributed by atoms with Crippen LogP contribution in [0.25, 0.3) is 5.95 Å². The van der Waals surface area contributed by atoms with E-state index < -0.39 is 0 Å². The van der Waals surface area contributed by atoms with Crippen molar-refractivity contribution in [2.75, 3.05) is 7.05 Å². The Bertz CT molecular complexity index is 444. The Hall–Kier alpha value is -1.90. The maximum Gasteiger partial charge on any atom is 0.353 e. The third kappa shape index (κ3) is 2.13. The van der Waals surface area contributed by atoms with E-state index in [2.05, 4.69) is 0 Å². The molecule has 0 N–H and O–H groups in total. The molecule has 15 heavy (non-hydrogen) atoms. The maximum absolute atomic E-state index is 13.9. The molecule has 1 aromatic heterocycles. The number of halogens is 1. The highest BCUT2D eigenvalue weighted by atomic mass is 19.1. The van der Waals surface area contributed by atoms with Gasteiger partial charge in [-0.1, -0.05) is 6.07 Å². The van der Waals surface area contributed by atoms with Crippen LogP contribution in [-0.4, -0.2) is 17.8 Å². The number of hydrogen-bond donors (Lipinski definition) is 0. The molecule has 1 aliphatic heterocycles. The third-order valence-electron chi connectivity index (χ3n) is 2.12. The molecule has 0 spiro atoms. The number of rotatable bonds is 1. The molecule has 1 aliphatic rings. The van der Waals surface area contributed by atoms with Crippen LogP contribution in [0.3, 0.4) is 0 Å². The minimum absolute atomic E-state index is 0.271. The first-order valence-electron chi connectivity index (χ1n) is 4.72. The van der Waals surface area contributed by atoms with Crippen molar-refractivity contribution in [1.82, 2.24) is 0 Å². The largest absolute Gasteiger partial charge is 0.353 e. The summed E-state index contributed by atoms with van der Waals surface area (Å²) in [5.74, 6) is -0.271. The van der Waals surface area contributed by atoms with Crippen molar-refractivity contribution in [2.45, 2.75) is 0 Å². The zero-order valence-corrected chi connectivity index (χ0v) is 8.47. The van der Waals surface area contributed by atoms with Crippen molar-refractivity contribution in [3.05, 3.63) is 54.9 Å². The normalized spacial score (nSPS) is 18.1. The second kappa shape index (κ2) is 4.09. The van der Waals surface area contributed by atoms with E-state index >= 15 is 0 Å². The van der Waals surface area contributed by atoms with Crippen molar-refractivity contribution >= 4 is 12.2 Å². The van der Waals surface area contributed by atoms with Crippen LogP contribution in [-0.2, 0) is 0 Å². The van der Waals surface area contributed by atoms with Gasteiger partial charge in [-0.05, 0) is 0 Å². The first-order chi connectivity index (χ1) is 7.27. The van der Waals surface area contributed by atoms with E-state index in [1.807, 2.05) is 30.3 Å². The molecule has 3 heteroatoms. The molecule has 0 saturated heterocycles. The predicted octanol–water partition coefficient (Wildman–Crippen LogP) is 1.56. The molecule has 0 unspecified atom stereocenters. The second-order valence-electron chi connectivity index (χ2n) is 3.33. The zero-order chi connectivity index (χ0) is 10.7. The van der Waals surface area contributed by atoms with Gasteiger partial charge in [0.15, 0.2) is 12.4 Å². The molecule has 0 radical (unpaired) electrons. The molecular weight excluding hydrogens is 191 g/mol. The molecule has 1 aromatic rings. The lowest BCUT2D eigenvalue weighted by Crippen LogP contribution is -2.30. The average Bonchev–Trinajstić information content (AvgIpc) is 2.29. The zero-order valence-electron chi connectivity index (χ0n) is 8.47. The molecule has 0 fully saturated rings. The summed E-state index contributed by atoms with van der Waals surface area (Å²) < 4.78 is 17.2. The Morgan fingerprint density at radius 1 is 1.27 bits per heavy atom. The van der Waals surface area contributed by atoms with Gasteiger partial charge >= 0.3 is 5.95 Å². The number of likely N-dealkylation sites (N-methyl/N-ethyl adjacent to an activating group) is 1. The van der Waals surface area contributed by atoms with E-state index in [1.165, 1.54) is 4.57 Å². The number of allylic oxidation sites excluding steroid dienone is 2. The van der Waals surface area contributed by atoms with Crippen molar-refractivity contribution < 1.29 is 13.5 Å². The predicted molar refractivity (Wildman–Crippen MR) is 56.6 cm³/mol. The molecular formula is C12H12FN2+. The van der Waals surface area contributed by atoms with E-state index in [0.717, 1.165) is 0 Å². The van der Waals surface area contributed by atoms with E-state index in [4.69, 9.17) is 0 Å². The fraction of sp³-hybridized carbons (Fsp3) is 0.0833. The van der Waals surface area contributed by atoms with Gasteiger partial charge < -0.3 is 4.58 Å². The van der Waals surface area contributed by atoms with Crippen LogP contribution >= 0.6 is 0 Å². The van der Waals surface area contributed by atoms with Gasteiger partial charge in [-0.15, -0.1) is 21.1 Å². The summed E-state index contributed by atoms with van der Waals surface area (Å²) >= 11 is 0. The van der Waals surface area contributed by atoms with Crippen LogP contribution < -0.4 is 4.57 Å². The Kier molecular flexibility index (Phi) is 2.63. The van der Waals surface area contributed by atoms with Crippen LogP contribution in [0.1, 0.15) is 0 Å². The first kappa shape index (κ1) is 9.65. The highest BCUT2D eigenvalue weighted by Gasteiger charge is 2.12. The van der Waals surface area contributed by atoms with E-state index in [-0.39, 0.29) is 5.95 Å². The molecule has 2 heterocycles. The van der Waals surface area contributed by atoms with Gasteiger partial charge in [0.2, 0.25) is 0 Å². The van der Waals surface area contributed by atoms with Crippen molar-refractivity contribution in [3.8, 4) is 0 Å². The standard InChI is InChI=1S/C12H12FN2/c1-14-7-5-6-11(10-14)12(13)15-8-3-2-4-9-15/h2-10H,1H3/q+1/b12-11-. The molecule has 2 nitrogen and oxygen atoms in total. The molecule has 0 aliphatic carbocycles. The van der Waals surface area contributed by atoms with Gasteiger partial charge in [0.05, 0.1) is 12.8 Å². The molecule has 0 atom stereocenters. The summed E-state index contributed by atoms with van der Waals surface area (Å²) in [6.07, 6.45) is 8.67. The van der Waals surface area contributed by atoms with Gasteiger partial charge in [-0.3, -0.25) is 0 Å². The third-order valence-corrected chi connectivity index (χ3v) is 2.12. The van der Waals surface area contributed by atoms with Crippen LogP contribution in [0.4, 0.5) is 4.39 Å². The van der Waals surface area contributed by atoms with Crippen molar-refractivity contribution in [3.63, 3.8) is 0 Å². The molecule has 0 aromatic carbocycles. The lowest BCUT2D eigenvalue weighted by molar-refractivity contribution is -0.594. The first-order valence-corrected chi connectivity index (χ1v) is 4.72. The Morgan fingerprint density at radius 3 is 2.67 bits per heavy atom. The van der Waals surface area contributed by atoms with E-state index in [9.17, 15) is 4.39 Å². The van der Waals surface area contributed by atoms with E-state index in [0.29, 0.717) is 5.57 Å². The van der Waals surface area contributed by atoms with E-state index in [1.54, 1.807) is 36.8 Å². The fourth-order valence-electron chi connectivity index (χ4n) is 1.39. The molecule has 0 saturated carbocycles. The van der Waals surface area contributed by atoms with Crippen LogP contribution in [0, 0.1) is 6.54 Å². The minimum Gasteiger partial charge on any atom is -0.313 e. The number of aromatic nitrogens is 1. The van der Waals surface area contributed by atoms with Crippen molar-refractivity contribution in [2.24, 2.45) is 0 Å². The Balaban J connectivity index is 2.42. The Labute approximate surface area is 88.3 Å². The van der Waals surface area contributed by atoms with Gasteiger partial charge in [-0.25, -0.2) is 0 Å². The summed E-state index contributed by atoms with van der Waals surface area (Å²) in [4.78, 5) is 0. The molecule has 0 bridgehead atoms. The number of hydrogen-bond acceptors (Lipinski definition) is 0. The van der Waals surface area contributed by atoms with Gasteiger partial charge in [0.1, 0.15) is 7.05 Å². The molecule has 76 valence electrons. The number of pyridine rings is 1. The summed E-state index contributed by atoms with van der Waals surface area (Å²) in [6, 6.07) is 5.44. The average molecular weight is 203 g/mol. The Morgan fingerprint density at radius 2 is 2.00 bits per heavy atom. The highest BCUT2D eigenvalue weighted by Crippen LogP contribution is 2.08. The van der Waals surface area contributed by atoms with Gasteiger partial charge in [0.25, 0.3) is 0 Å². The smallest absolute Gasteiger partial charge is 0.313 e. The van der Waals surface area contributed by atoms with Crippen LogP contribution in [0.5, 0.6) is 0 Å². The summed E-state index contributed by atoms with van der Waals surface area (Å²) in [7, 11) is 1.87. The van der Waals surface area contributed by atoms with Crippen LogP contribution in [0.15, 0.2) is 48.3 Å². The lowest BCUT2D eigenvalue weighted by Gasteiger charge is -2.07. The van der Waals surface area contributed by atoms with Crippen molar-refractivity contribution in [1.29, 1.82) is 0 Å². The van der Waals surface area contributed by atoms with Crippen LogP contribution in [0.2, 0.25) is 0 Å². The summed E-state index contributed by atoms with van der Waals surface area (Å²) in [5.41, 5.74) is 0.566. The van der Waals surface area contributed by atoms with Gasteiger partial charge in [0, 0.05) is 17.7 Å². The molecule has 2 rings (SSSR count). The second-order valence-corrected chi connectivity index (χ2v) is 3.33. The summed E-state index contributed by atoms with van der Waals surface area (Å²) in [5, 5.41) is 0. The lowest BCUT2D eigenvalue weighted by atomic mass is 10.2. The fourth-order valence-corrected chi connectivity index (χ4v) is 1.39. The van der Waals surface area contributed by atoms with Gasteiger partial charge in [-0.2, -0.15) is 0 Å².